The first-order valence-electron chi connectivity index (χ1n) is 6.91. The SMILES string of the molecule is C=O.CNC.CNc1cn2nc(Sc3ccccc3)ccc2n1. The third-order valence-corrected chi connectivity index (χ3v) is 3.45. The lowest BCUT2D eigenvalue weighted by Gasteiger charge is -2.00. The van der Waals surface area contributed by atoms with E-state index in [-0.39, 0.29) is 0 Å². The first-order chi connectivity index (χ1) is 11.3. The van der Waals surface area contributed by atoms with Crippen molar-refractivity contribution >= 4 is 30.0 Å². The highest BCUT2D eigenvalue weighted by Gasteiger charge is 2.03. The number of benzene rings is 1. The number of hydrogen-bond donors (Lipinski definition) is 2. The molecule has 0 aliphatic carbocycles. The van der Waals surface area contributed by atoms with E-state index < -0.39 is 0 Å². The third-order valence-electron chi connectivity index (χ3n) is 2.52. The maximum atomic E-state index is 8.00. The van der Waals surface area contributed by atoms with E-state index in [2.05, 4.69) is 32.8 Å². The Bertz CT molecular complexity index is 702. The van der Waals surface area contributed by atoms with E-state index in [4.69, 9.17) is 4.79 Å². The van der Waals surface area contributed by atoms with E-state index >= 15 is 0 Å². The molecule has 0 aliphatic rings. The summed E-state index contributed by atoms with van der Waals surface area (Å²) in [5.41, 5.74) is 0.844. The van der Waals surface area contributed by atoms with Crippen molar-refractivity contribution in [3.8, 4) is 0 Å². The van der Waals surface area contributed by atoms with Crippen LogP contribution in [0, 0.1) is 0 Å². The van der Waals surface area contributed by atoms with Gasteiger partial charge >= 0.3 is 0 Å². The molecule has 0 fully saturated rings. The van der Waals surface area contributed by atoms with E-state index in [1.165, 1.54) is 4.90 Å². The highest BCUT2D eigenvalue weighted by atomic mass is 32.2. The molecular formula is C16H21N5OS. The Balaban J connectivity index is 0.000000477. The highest BCUT2D eigenvalue weighted by molar-refractivity contribution is 7.99. The Hall–Kier alpha value is -2.38. The summed E-state index contributed by atoms with van der Waals surface area (Å²) in [4.78, 5) is 13.5. The van der Waals surface area contributed by atoms with Crippen molar-refractivity contribution in [2.45, 2.75) is 9.92 Å². The summed E-state index contributed by atoms with van der Waals surface area (Å²) in [5, 5.41) is 11.2. The van der Waals surface area contributed by atoms with Crippen molar-refractivity contribution in [1.82, 2.24) is 19.9 Å². The van der Waals surface area contributed by atoms with Crippen LogP contribution in [0.4, 0.5) is 5.82 Å². The molecule has 2 N–H and O–H groups in total. The molecule has 0 spiro atoms. The zero-order valence-electron chi connectivity index (χ0n) is 13.5. The molecule has 122 valence electrons. The minimum Gasteiger partial charge on any atom is -0.372 e. The van der Waals surface area contributed by atoms with Crippen LogP contribution in [-0.2, 0) is 4.79 Å². The van der Waals surface area contributed by atoms with Gasteiger partial charge in [0.1, 0.15) is 17.6 Å². The van der Waals surface area contributed by atoms with Crippen LogP contribution in [-0.4, -0.2) is 42.5 Å². The molecular weight excluding hydrogens is 310 g/mol. The van der Waals surface area contributed by atoms with Crippen LogP contribution in [0.1, 0.15) is 0 Å². The number of imidazole rings is 1. The number of hydrogen-bond acceptors (Lipinski definition) is 6. The summed E-state index contributed by atoms with van der Waals surface area (Å²) in [5.74, 6) is 0.823. The summed E-state index contributed by atoms with van der Waals surface area (Å²) < 4.78 is 1.79. The number of fused-ring (bicyclic) bond motifs is 1. The number of aromatic nitrogens is 3. The zero-order valence-corrected chi connectivity index (χ0v) is 14.3. The minimum atomic E-state index is 0.823. The van der Waals surface area contributed by atoms with Crippen LogP contribution < -0.4 is 10.6 Å². The molecule has 2 aromatic heterocycles. The Morgan fingerprint density at radius 2 is 1.70 bits per heavy atom. The van der Waals surface area contributed by atoms with Crippen LogP contribution >= 0.6 is 11.8 Å². The van der Waals surface area contributed by atoms with Crippen LogP contribution in [0.15, 0.2) is 58.6 Å². The average molecular weight is 331 g/mol. The van der Waals surface area contributed by atoms with Crippen LogP contribution in [0.2, 0.25) is 0 Å². The van der Waals surface area contributed by atoms with Crippen molar-refractivity contribution in [3.63, 3.8) is 0 Å². The molecule has 0 saturated heterocycles. The molecule has 23 heavy (non-hydrogen) atoms. The molecule has 6 nitrogen and oxygen atoms in total. The van der Waals surface area contributed by atoms with E-state index in [9.17, 15) is 0 Å². The Kier molecular flexibility index (Phi) is 8.41. The first-order valence-corrected chi connectivity index (χ1v) is 7.73. The lowest BCUT2D eigenvalue weighted by molar-refractivity contribution is -0.0979. The monoisotopic (exact) mass is 331 g/mol. The quantitative estimate of drug-likeness (QED) is 0.769. The van der Waals surface area contributed by atoms with Gasteiger partial charge in [-0.25, -0.2) is 9.50 Å². The molecule has 0 radical (unpaired) electrons. The van der Waals surface area contributed by atoms with Gasteiger partial charge in [-0.05, 0) is 38.4 Å². The molecule has 0 aliphatic heterocycles. The molecule has 0 unspecified atom stereocenters. The Labute approximate surface area is 140 Å². The van der Waals surface area contributed by atoms with Gasteiger partial charge in [-0.1, -0.05) is 30.0 Å². The minimum absolute atomic E-state index is 0.823. The van der Waals surface area contributed by atoms with Gasteiger partial charge in [-0.2, -0.15) is 5.10 Å². The average Bonchev–Trinajstić information content (AvgIpc) is 3.01. The van der Waals surface area contributed by atoms with Gasteiger partial charge in [-0.3, -0.25) is 0 Å². The summed E-state index contributed by atoms with van der Waals surface area (Å²) in [6.45, 7) is 2.00. The first kappa shape index (κ1) is 18.7. The highest BCUT2D eigenvalue weighted by Crippen LogP contribution is 2.25. The molecule has 3 rings (SSSR count). The van der Waals surface area contributed by atoms with Gasteiger partial charge in [0, 0.05) is 11.9 Å². The van der Waals surface area contributed by atoms with E-state index in [1.54, 1.807) is 16.3 Å². The van der Waals surface area contributed by atoms with Gasteiger partial charge in [0.25, 0.3) is 0 Å². The van der Waals surface area contributed by atoms with Crippen molar-refractivity contribution in [1.29, 1.82) is 0 Å². The lowest BCUT2D eigenvalue weighted by Crippen LogP contribution is -1.91. The number of anilines is 1. The number of carbonyl (C=O) groups is 1. The van der Waals surface area contributed by atoms with Gasteiger partial charge in [0.2, 0.25) is 0 Å². The topological polar surface area (TPSA) is 71.3 Å². The van der Waals surface area contributed by atoms with E-state index in [0.717, 1.165) is 16.5 Å². The molecule has 2 heterocycles. The normalized spacial score (nSPS) is 9.35. The molecule has 0 atom stereocenters. The lowest BCUT2D eigenvalue weighted by atomic mass is 10.4. The van der Waals surface area contributed by atoms with Gasteiger partial charge in [0.15, 0.2) is 5.65 Å². The predicted molar refractivity (Wildman–Crippen MR) is 95.2 cm³/mol. The standard InChI is InChI=1S/C13H12N4S.C2H7N.CH2O/c1-14-11-9-17-12(15-11)7-8-13(16-17)18-10-5-3-2-4-6-10;1-3-2;1-2/h2-9,14H,1H3;3H,1-2H3;1H2. The van der Waals surface area contributed by atoms with Crippen molar-refractivity contribution in [2.24, 2.45) is 0 Å². The molecule has 3 aromatic rings. The second-order valence-corrected chi connectivity index (χ2v) is 5.36. The van der Waals surface area contributed by atoms with Gasteiger partial charge < -0.3 is 15.4 Å². The van der Waals surface area contributed by atoms with Crippen molar-refractivity contribution in [3.05, 3.63) is 48.7 Å². The Morgan fingerprint density at radius 1 is 1.04 bits per heavy atom. The van der Waals surface area contributed by atoms with Gasteiger partial charge in [0.05, 0.1) is 6.20 Å². The fraction of sp³-hybridized carbons (Fsp3) is 0.188. The summed E-state index contributed by atoms with van der Waals surface area (Å²) in [7, 11) is 5.60. The smallest absolute Gasteiger partial charge is 0.156 e. The zero-order chi connectivity index (χ0) is 17.1. The second kappa shape index (κ2) is 10.4. The predicted octanol–water partition coefficient (Wildman–Crippen LogP) is 2.57. The maximum Gasteiger partial charge on any atom is 0.156 e. The number of nitrogens with zero attached hydrogens (tertiary/aromatic N) is 3. The van der Waals surface area contributed by atoms with Crippen LogP contribution in [0.25, 0.3) is 5.65 Å². The van der Waals surface area contributed by atoms with Crippen molar-refractivity contribution < 1.29 is 4.79 Å². The molecule has 1 aromatic carbocycles. The molecule has 0 saturated carbocycles. The molecule has 0 amide bonds. The van der Waals surface area contributed by atoms with Crippen LogP contribution in [0.5, 0.6) is 0 Å². The second-order valence-electron chi connectivity index (χ2n) is 4.27. The summed E-state index contributed by atoms with van der Waals surface area (Å²) in [6.07, 6.45) is 1.88. The fourth-order valence-electron chi connectivity index (χ4n) is 1.65. The number of nitrogens with one attached hydrogen (secondary N) is 2. The third kappa shape index (κ3) is 5.72. The fourth-order valence-corrected chi connectivity index (χ4v) is 2.45. The number of rotatable bonds is 3. The summed E-state index contributed by atoms with van der Waals surface area (Å²) >= 11 is 1.64. The number of carbonyl (C=O) groups excluding carboxylic acids is 1. The molecule has 0 bridgehead atoms. The Morgan fingerprint density at radius 3 is 2.30 bits per heavy atom. The van der Waals surface area contributed by atoms with E-state index in [0.29, 0.717) is 0 Å². The van der Waals surface area contributed by atoms with Crippen molar-refractivity contribution in [2.75, 3.05) is 26.5 Å². The largest absolute Gasteiger partial charge is 0.372 e. The molecule has 7 heteroatoms. The maximum absolute atomic E-state index is 8.00. The van der Waals surface area contributed by atoms with E-state index in [1.807, 2.05) is 64.5 Å². The summed E-state index contributed by atoms with van der Waals surface area (Å²) in [6, 6.07) is 14.2. The van der Waals surface area contributed by atoms with Gasteiger partial charge in [-0.15, -0.1) is 0 Å². The van der Waals surface area contributed by atoms with Crippen LogP contribution in [0.3, 0.4) is 0 Å².